The van der Waals surface area contributed by atoms with Gasteiger partial charge in [0, 0.05) is 18.1 Å². The molecule has 3 N–H and O–H groups in total. The Bertz CT molecular complexity index is 299. The lowest BCUT2D eigenvalue weighted by atomic mass is 9.81. The number of nitrogens with two attached hydrogens (primary N) is 1. The van der Waals surface area contributed by atoms with Gasteiger partial charge < -0.3 is 15.8 Å². The molecule has 0 amide bonds. The highest BCUT2D eigenvalue weighted by atomic mass is 16.5. The molecule has 17 heavy (non-hydrogen) atoms. The van der Waals surface area contributed by atoms with Gasteiger partial charge in [0.15, 0.2) is 5.96 Å². The molecular formula is C13H25N3O. The molecule has 0 aromatic carbocycles. The molecule has 2 aliphatic rings. The van der Waals surface area contributed by atoms with Gasteiger partial charge >= 0.3 is 0 Å². The van der Waals surface area contributed by atoms with E-state index in [-0.39, 0.29) is 5.41 Å². The summed E-state index contributed by atoms with van der Waals surface area (Å²) in [5.74, 6) is 1.33. The third kappa shape index (κ3) is 3.12. The van der Waals surface area contributed by atoms with Crippen molar-refractivity contribution >= 4 is 5.96 Å². The Labute approximate surface area is 104 Å². The van der Waals surface area contributed by atoms with Crippen molar-refractivity contribution in [3.05, 3.63) is 0 Å². The number of guanidine groups is 1. The Morgan fingerprint density at radius 3 is 2.82 bits per heavy atom. The first-order chi connectivity index (χ1) is 8.01. The van der Waals surface area contributed by atoms with Crippen molar-refractivity contribution in [1.29, 1.82) is 0 Å². The van der Waals surface area contributed by atoms with Crippen molar-refractivity contribution in [3.63, 3.8) is 0 Å². The topological polar surface area (TPSA) is 59.6 Å². The molecular weight excluding hydrogens is 214 g/mol. The maximum absolute atomic E-state index is 5.88. The lowest BCUT2D eigenvalue weighted by Gasteiger charge is -2.28. The number of ether oxygens (including phenoxy) is 1. The van der Waals surface area contributed by atoms with E-state index in [2.05, 4.69) is 31.1 Å². The van der Waals surface area contributed by atoms with E-state index in [9.17, 15) is 0 Å². The molecule has 1 aliphatic carbocycles. The van der Waals surface area contributed by atoms with Crippen LogP contribution in [0.2, 0.25) is 0 Å². The predicted molar refractivity (Wildman–Crippen MR) is 69.9 cm³/mol. The van der Waals surface area contributed by atoms with Crippen LogP contribution in [-0.4, -0.2) is 31.3 Å². The molecule has 0 radical (unpaired) electrons. The molecule has 1 heterocycles. The number of aliphatic imine (C=N–C) groups is 1. The molecule has 98 valence electrons. The van der Waals surface area contributed by atoms with Crippen LogP contribution in [0.5, 0.6) is 0 Å². The van der Waals surface area contributed by atoms with Gasteiger partial charge in [-0.25, -0.2) is 0 Å². The third-order valence-corrected chi connectivity index (χ3v) is 3.75. The van der Waals surface area contributed by atoms with E-state index in [1.54, 1.807) is 0 Å². The second-order valence-electron chi connectivity index (χ2n) is 6.03. The monoisotopic (exact) mass is 239 g/mol. The highest BCUT2D eigenvalue weighted by Crippen LogP contribution is 2.47. The Hall–Kier alpha value is -0.770. The first kappa shape index (κ1) is 12.7. The summed E-state index contributed by atoms with van der Waals surface area (Å²) in [6, 6.07) is 0.339. The predicted octanol–water partition coefficient (Wildman–Crippen LogP) is 1.50. The van der Waals surface area contributed by atoms with E-state index >= 15 is 0 Å². The largest absolute Gasteiger partial charge is 0.377 e. The van der Waals surface area contributed by atoms with Crippen LogP contribution in [0.3, 0.4) is 0 Å². The molecule has 4 nitrogen and oxygen atoms in total. The Morgan fingerprint density at radius 2 is 2.24 bits per heavy atom. The zero-order chi connectivity index (χ0) is 12.5. The zero-order valence-corrected chi connectivity index (χ0v) is 11.2. The molecule has 0 aromatic heterocycles. The van der Waals surface area contributed by atoms with Crippen molar-refractivity contribution in [2.24, 2.45) is 22.1 Å². The van der Waals surface area contributed by atoms with E-state index in [0.717, 1.165) is 25.5 Å². The van der Waals surface area contributed by atoms with E-state index in [4.69, 9.17) is 10.5 Å². The Morgan fingerprint density at radius 1 is 1.53 bits per heavy atom. The third-order valence-electron chi connectivity index (χ3n) is 3.75. The summed E-state index contributed by atoms with van der Waals surface area (Å²) in [6.45, 7) is 8.07. The quantitative estimate of drug-likeness (QED) is 0.577. The molecule has 4 heteroatoms. The molecule has 0 bridgehead atoms. The molecule has 1 saturated carbocycles. The molecule has 2 unspecified atom stereocenters. The van der Waals surface area contributed by atoms with E-state index in [1.165, 1.54) is 12.8 Å². The zero-order valence-electron chi connectivity index (χ0n) is 11.2. The Balaban J connectivity index is 1.92. The fourth-order valence-corrected chi connectivity index (χ4v) is 2.64. The average molecular weight is 239 g/mol. The molecule has 2 fully saturated rings. The summed E-state index contributed by atoms with van der Waals surface area (Å²) in [7, 11) is 0. The van der Waals surface area contributed by atoms with Crippen LogP contribution >= 0.6 is 0 Å². The second kappa shape index (κ2) is 4.84. The number of nitrogens with zero attached hydrogens (tertiary/aromatic N) is 1. The van der Waals surface area contributed by atoms with Gasteiger partial charge in [0.1, 0.15) is 0 Å². The minimum absolute atomic E-state index is 0.185. The average Bonchev–Trinajstić information content (AvgIpc) is 2.99. The molecule has 0 aromatic rings. The normalized spacial score (nSPS) is 34.4. The Kier molecular flexibility index (Phi) is 3.61. The smallest absolute Gasteiger partial charge is 0.188 e. The minimum Gasteiger partial charge on any atom is -0.377 e. The number of rotatable bonds is 4. The molecule has 1 aliphatic heterocycles. The summed E-state index contributed by atoms with van der Waals surface area (Å²) < 4.78 is 5.88. The number of nitrogens with one attached hydrogen (secondary N) is 1. The fraction of sp³-hybridized carbons (Fsp3) is 0.923. The summed E-state index contributed by atoms with van der Waals surface area (Å²) >= 11 is 0. The van der Waals surface area contributed by atoms with Crippen LogP contribution in [0.25, 0.3) is 0 Å². The van der Waals surface area contributed by atoms with Crippen molar-refractivity contribution in [2.75, 3.05) is 13.2 Å². The van der Waals surface area contributed by atoms with Gasteiger partial charge in [0.2, 0.25) is 0 Å². The first-order valence-electron chi connectivity index (χ1n) is 6.69. The van der Waals surface area contributed by atoms with Crippen molar-refractivity contribution in [3.8, 4) is 0 Å². The van der Waals surface area contributed by atoms with Crippen LogP contribution < -0.4 is 11.1 Å². The van der Waals surface area contributed by atoms with Crippen molar-refractivity contribution < 1.29 is 4.74 Å². The van der Waals surface area contributed by atoms with Gasteiger partial charge in [-0.1, -0.05) is 6.92 Å². The number of hydrogen-bond acceptors (Lipinski definition) is 2. The van der Waals surface area contributed by atoms with Crippen LogP contribution in [0, 0.1) is 11.3 Å². The highest BCUT2D eigenvalue weighted by Gasteiger charge is 2.47. The molecule has 1 saturated heterocycles. The molecule has 2 rings (SSSR count). The minimum atomic E-state index is 0.185. The summed E-state index contributed by atoms with van der Waals surface area (Å²) in [5.41, 5.74) is 6.03. The second-order valence-corrected chi connectivity index (χ2v) is 6.03. The summed E-state index contributed by atoms with van der Waals surface area (Å²) in [4.78, 5) is 4.48. The van der Waals surface area contributed by atoms with Crippen LogP contribution in [0.4, 0.5) is 0 Å². The summed E-state index contributed by atoms with van der Waals surface area (Å²) in [5, 5.41) is 3.13. The lowest BCUT2D eigenvalue weighted by molar-refractivity contribution is 0.0425. The summed E-state index contributed by atoms with van der Waals surface area (Å²) in [6.07, 6.45) is 4.15. The SMILES string of the molecule is CC(C)NC(N)=NCC1(C)CCOC1C1CC1. The van der Waals surface area contributed by atoms with Crippen LogP contribution in [-0.2, 0) is 4.74 Å². The van der Waals surface area contributed by atoms with E-state index < -0.39 is 0 Å². The maximum atomic E-state index is 5.88. The standard InChI is InChI=1S/C13H25N3O/c1-9(2)16-12(14)15-8-13(3)6-7-17-11(13)10-4-5-10/h9-11H,4-8H2,1-3H3,(H3,14,15,16). The number of hydrogen-bond donors (Lipinski definition) is 2. The van der Waals surface area contributed by atoms with Gasteiger partial charge in [-0.05, 0) is 39.0 Å². The van der Waals surface area contributed by atoms with Gasteiger partial charge in [0.25, 0.3) is 0 Å². The van der Waals surface area contributed by atoms with Crippen molar-refractivity contribution in [2.45, 2.75) is 52.2 Å². The lowest BCUT2D eigenvalue weighted by Crippen LogP contribution is -2.39. The van der Waals surface area contributed by atoms with Gasteiger partial charge in [-0.15, -0.1) is 0 Å². The van der Waals surface area contributed by atoms with Gasteiger partial charge in [-0.2, -0.15) is 0 Å². The first-order valence-corrected chi connectivity index (χ1v) is 6.69. The maximum Gasteiger partial charge on any atom is 0.188 e. The van der Waals surface area contributed by atoms with E-state index in [1.807, 2.05) is 0 Å². The highest BCUT2D eigenvalue weighted by molar-refractivity contribution is 5.78. The fourth-order valence-electron chi connectivity index (χ4n) is 2.64. The van der Waals surface area contributed by atoms with Crippen LogP contribution in [0.1, 0.15) is 40.0 Å². The van der Waals surface area contributed by atoms with Crippen molar-refractivity contribution in [1.82, 2.24) is 5.32 Å². The van der Waals surface area contributed by atoms with Gasteiger partial charge in [-0.3, -0.25) is 4.99 Å². The van der Waals surface area contributed by atoms with Gasteiger partial charge in [0.05, 0.1) is 12.6 Å². The molecule has 2 atom stereocenters. The van der Waals surface area contributed by atoms with Crippen LogP contribution in [0.15, 0.2) is 4.99 Å². The molecule has 0 spiro atoms. The van der Waals surface area contributed by atoms with E-state index in [0.29, 0.717) is 18.1 Å².